The molecule has 0 atom stereocenters. The van der Waals surface area contributed by atoms with E-state index in [1.165, 1.54) is 5.56 Å². The smallest absolute Gasteiger partial charge is 0.136 e. The number of pyridine rings is 2. The highest BCUT2D eigenvalue weighted by molar-refractivity contribution is 5.92. The SMILES string of the molecule is Nc1ccc(-c2cc3ncccc3c(NC3CCN(Cc4ccccc4)CC3)n2)cc1. The normalized spacial score (nSPS) is 15.2. The predicted molar refractivity (Wildman–Crippen MR) is 128 cm³/mol. The Labute approximate surface area is 182 Å². The van der Waals surface area contributed by atoms with Crippen molar-refractivity contribution in [1.29, 1.82) is 0 Å². The molecule has 31 heavy (non-hydrogen) atoms. The molecule has 5 rings (SSSR count). The number of anilines is 2. The lowest BCUT2D eigenvalue weighted by Gasteiger charge is -2.32. The fourth-order valence-corrected chi connectivity index (χ4v) is 4.26. The minimum absolute atomic E-state index is 0.407. The third-order valence-electron chi connectivity index (χ3n) is 5.98. The van der Waals surface area contributed by atoms with Crippen LogP contribution in [0.2, 0.25) is 0 Å². The van der Waals surface area contributed by atoms with E-state index in [9.17, 15) is 0 Å². The number of nitrogens with one attached hydrogen (secondary N) is 1. The maximum Gasteiger partial charge on any atom is 0.136 e. The van der Waals surface area contributed by atoms with E-state index in [2.05, 4.69) is 57.7 Å². The highest BCUT2D eigenvalue weighted by Gasteiger charge is 2.20. The molecule has 1 fully saturated rings. The lowest BCUT2D eigenvalue weighted by atomic mass is 10.0. The molecule has 0 aliphatic carbocycles. The molecule has 0 unspecified atom stereocenters. The van der Waals surface area contributed by atoms with Crippen molar-refractivity contribution < 1.29 is 0 Å². The highest BCUT2D eigenvalue weighted by Crippen LogP contribution is 2.28. The number of nitrogen functional groups attached to an aromatic ring is 1. The summed E-state index contributed by atoms with van der Waals surface area (Å²) in [6.07, 6.45) is 4.03. The van der Waals surface area contributed by atoms with Gasteiger partial charge in [0.25, 0.3) is 0 Å². The molecule has 5 nitrogen and oxygen atoms in total. The zero-order chi connectivity index (χ0) is 21.0. The number of piperidine rings is 1. The van der Waals surface area contributed by atoms with Crippen molar-refractivity contribution in [3.63, 3.8) is 0 Å². The molecule has 1 aliphatic heterocycles. The number of rotatable bonds is 5. The maximum absolute atomic E-state index is 5.86. The topological polar surface area (TPSA) is 67.1 Å². The summed E-state index contributed by atoms with van der Waals surface area (Å²) in [6.45, 7) is 3.19. The van der Waals surface area contributed by atoms with Gasteiger partial charge in [-0.2, -0.15) is 0 Å². The number of nitrogens with two attached hydrogens (primary N) is 1. The van der Waals surface area contributed by atoms with Crippen LogP contribution in [0.1, 0.15) is 18.4 Å². The number of hydrogen-bond donors (Lipinski definition) is 2. The Morgan fingerprint density at radius 3 is 2.48 bits per heavy atom. The molecular weight excluding hydrogens is 382 g/mol. The zero-order valence-corrected chi connectivity index (χ0v) is 17.5. The van der Waals surface area contributed by atoms with E-state index in [1.54, 1.807) is 0 Å². The minimum atomic E-state index is 0.407. The van der Waals surface area contributed by atoms with Gasteiger partial charge in [0.2, 0.25) is 0 Å². The number of hydrogen-bond acceptors (Lipinski definition) is 5. The van der Waals surface area contributed by atoms with Crippen molar-refractivity contribution in [2.75, 3.05) is 24.1 Å². The maximum atomic E-state index is 5.86. The van der Waals surface area contributed by atoms with E-state index < -0.39 is 0 Å². The summed E-state index contributed by atoms with van der Waals surface area (Å²) in [5, 5.41) is 4.79. The van der Waals surface area contributed by atoms with Gasteiger partial charge in [-0.1, -0.05) is 42.5 Å². The van der Waals surface area contributed by atoms with Gasteiger partial charge >= 0.3 is 0 Å². The van der Waals surface area contributed by atoms with E-state index in [0.29, 0.717) is 6.04 Å². The van der Waals surface area contributed by atoms with Gasteiger partial charge in [-0.05, 0) is 48.7 Å². The molecule has 156 valence electrons. The first-order chi connectivity index (χ1) is 15.2. The summed E-state index contributed by atoms with van der Waals surface area (Å²) in [5.41, 5.74) is 10.9. The lowest BCUT2D eigenvalue weighted by molar-refractivity contribution is 0.211. The third kappa shape index (κ3) is 4.52. The molecule has 0 amide bonds. The van der Waals surface area contributed by atoms with Crippen LogP contribution in [0.5, 0.6) is 0 Å². The number of nitrogens with zero attached hydrogens (tertiary/aromatic N) is 3. The summed E-state index contributed by atoms with van der Waals surface area (Å²) < 4.78 is 0. The van der Waals surface area contributed by atoms with Crippen molar-refractivity contribution in [2.45, 2.75) is 25.4 Å². The number of aromatic nitrogens is 2. The molecule has 1 aliphatic rings. The predicted octanol–water partition coefficient (Wildman–Crippen LogP) is 4.96. The molecule has 3 heterocycles. The molecule has 0 saturated carbocycles. The molecular formula is C26H27N5. The summed E-state index contributed by atoms with van der Waals surface area (Å²) in [5.74, 6) is 0.916. The summed E-state index contributed by atoms with van der Waals surface area (Å²) in [7, 11) is 0. The molecule has 5 heteroatoms. The Kier molecular flexibility index (Phi) is 5.50. The van der Waals surface area contributed by atoms with Gasteiger partial charge in [-0.3, -0.25) is 9.88 Å². The first-order valence-corrected chi connectivity index (χ1v) is 10.9. The Hall–Kier alpha value is -3.44. The lowest BCUT2D eigenvalue weighted by Crippen LogP contribution is -2.38. The minimum Gasteiger partial charge on any atom is -0.399 e. The number of benzene rings is 2. The van der Waals surface area contributed by atoms with E-state index >= 15 is 0 Å². The van der Waals surface area contributed by atoms with Crippen molar-refractivity contribution in [1.82, 2.24) is 14.9 Å². The summed E-state index contributed by atoms with van der Waals surface area (Å²) >= 11 is 0. The van der Waals surface area contributed by atoms with Gasteiger partial charge in [0.05, 0.1) is 11.2 Å². The van der Waals surface area contributed by atoms with Crippen LogP contribution in [0.3, 0.4) is 0 Å². The second kappa shape index (κ2) is 8.74. The molecule has 2 aromatic carbocycles. The second-order valence-corrected chi connectivity index (χ2v) is 8.23. The Morgan fingerprint density at radius 1 is 0.935 bits per heavy atom. The van der Waals surface area contributed by atoms with Gasteiger partial charge < -0.3 is 11.1 Å². The first-order valence-electron chi connectivity index (χ1n) is 10.9. The van der Waals surface area contributed by atoms with Crippen LogP contribution in [0.4, 0.5) is 11.5 Å². The largest absolute Gasteiger partial charge is 0.399 e. The van der Waals surface area contributed by atoms with Crippen LogP contribution >= 0.6 is 0 Å². The monoisotopic (exact) mass is 409 g/mol. The van der Waals surface area contributed by atoms with E-state index in [4.69, 9.17) is 10.7 Å². The Morgan fingerprint density at radius 2 is 1.71 bits per heavy atom. The van der Waals surface area contributed by atoms with Crippen molar-refractivity contribution in [3.05, 3.63) is 84.6 Å². The van der Waals surface area contributed by atoms with Gasteiger partial charge in [0.1, 0.15) is 5.82 Å². The summed E-state index contributed by atoms with van der Waals surface area (Å²) in [4.78, 5) is 12.1. The van der Waals surface area contributed by atoms with Crippen LogP contribution in [0.15, 0.2) is 79.0 Å². The van der Waals surface area contributed by atoms with Crippen molar-refractivity contribution in [2.24, 2.45) is 0 Å². The average Bonchev–Trinajstić information content (AvgIpc) is 2.81. The average molecular weight is 410 g/mol. The highest BCUT2D eigenvalue weighted by atomic mass is 15.1. The molecule has 0 radical (unpaired) electrons. The van der Waals surface area contributed by atoms with E-state index in [0.717, 1.165) is 66.1 Å². The van der Waals surface area contributed by atoms with Gasteiger partial charge in [0.15, 0.2) is 0 Å². The standard InChI is InChI=1S/C26H27N5/c27-21-10-8-20(9-11-21)24-17-25-23(7-4-14-28-25)26(30-24)29-22-12-15-31(16-13-22)18-19-5-2-1-3-6-19/h1-11,14,17,22H,12-13,15-16,18,27H2,(H,29,30). The quantitative estimate of drug-likeness (QED) is 0.456. The number of likely N-dealkylation sites (tertiary alicyclic amines) is 1. The van der Waals surface area contributed by atoms with Gasteiger partial charge in [-0.15, -0.1) is 0 Å². The summed E-state index contributed by atoms with van der Waals surface area (Å²) in [6, 6.07) is 25.1. The van der Waals surface area contributed by atoms with Crippen molar-refractivity contribution >= 4 is 22.4 Å². The van der Waals surface area contributed by atoms with Crippen LogP contribution in [0, 0.1) is 0 Å². The third-order valence-corrected chi connectivity index (χ3v) is 5.98. The first kappa shape index (κ1) is 19.5. The van der Waals surface area contributed by atoms with E-state index in [1.807, 2.05) is 36.5 Å². The molecule has 1 saturated heterocycles. The molecule has 4 aromatic rings. The van der Waals surface area contributed by atoms with Crippen LogP contribution < -0.4 is 11.1 Å². The van der Waals surface area contributed by atoms with Crippen LogP contribution in [-0.4, -0.2) is 34.0 Å². The number of fused-ring (bicyclic) bond motifs is 1. The fraction of sp³-hybridized carbons (Fsp3) is 0.231. The Bertz CT molecular complexity index is 1150. The Balaban J connectivity index is 1.33. The van der Waals surface area contributed by atoms with Crippen LogP contribution in [0.25, 0.3) is 22.2 Å². The fourth-order valence-electron chi connectivity index (χ4n) is 4.26. The molecule has 2 aromatic heterocycles. The van der Waals surface area contributed by atoms with Crippen LogP contribution in [-0.2, 0) is 6.54 Å². The molecule has 0 spiro atoms. The zero-order valence-electron chi connectivity index (χ0n) is 17.5. The van der Waals surface area contributed by atoms with Gasteiger partial charge in [0, 0.05) is 48.5 Å². The molecule has 3 N–H and O–H groups in total. The van der Waals surface area contributed by atoms with Gasteiger partial charge in [-0.25, -0.2) is 4.98 Å². The molecule has 0 bridgehead atoms. The van der Waals surface area contributed by atoms with Crippen molar-refractivity contribution in [3.8, 4) is 11.3 Å². The van der Waals surface area contributed by atoms with E-state index in [-0.39, 0.29) is 0 Å². The second-order valence-electron chi connectivity index (χ2n) is 8.23.